The van der Waals surface area contributed by atoms with Gasteiger partial charge in [0.05, 0.1) is 0 Å². The highest BCUT2D eigenvalue weighted by molar-refractivity contribution is 5.86. The van der Waals surface area contributed by atoms with Gasteiger partial charge in [0.15, 0.2) is 0 Å². The van der Waals surface area contributed by atoms with Gasteiger partial charge >= 0.3 is 0 Å². The molecule has 0 aliphatic heterocycles. The predicted molar refractivity (Wildman–Crippen MR) is 57.3 cm³/mol. The van der Waals surface area contributed by atoms with Crippen LogP contribution < -0.4 is 5.73 Å². The van der Waals surface area contributed by atoms with Crippen LogP contribution in [-0.4, -0.2) is 5.11 Å². The molecular formula is C10H10ClNO. The molecule has 2 nitrogen and oxygen atoms in total. The lowest BCUT2D eigenvalue weighted by Gasteiger charge is -1.99. The number of hydrogen-bond acceptors (Lipinski definition) is 2. The third-order valence-corrected chi connectivity index (χ3v) is 1.85. The van der Waals surface area contributed by atoms with Gasteiger partial charge in [0.2, 0.25) is 0 Å². The van der Waals surface area contributed by atoms with Crippen LogP contribution in [0, 0.1) is 0 Å². The first-order valence-electron chi connectivity index (χ1n) is 3.74. The summed E-state index contributed by atoms with van der Waals surface area (Å²) >= 11 is 0. The largest absolute Gasteiger partial charge is 0.508 e. The molecule has 13 heavy (non-hydrogen) atoms. The fraction of sp³-hybridized carbons (Fsp3) is 0. The Hall–Kier alpha value is -1.41. The lowest BCUT2D eigenvalue weighted by molar-refractivity contribution is 0.476. The lowest BCUT2D eigenvalue weighted by atomic mass is 10.1. The van der Waals surface area contributed by atoms with Gasteiger partial charge in [-0.15, -0.1) is 12.4 Å². The lowest BCUT2D eigenvalue weighted by Crippen LogP contribution is -1.82. The van der Waals surface area contributed by atoms with Gasteiger partial charge in [0.1, 0.15) is 5.75 Å². The zero-order valence-corrected chi connectivity index (χ0v) is 7.71. The Balaban J connectivity index is 0.000000845. The summed E-state index contributed by atoms with van der Waals surface area (Å²) < 4.78 is 0. The van der Waals surface area contributed by atoms with Crippen molar-refractivity contribution in [1.29, 1.82) is 0 Å². The van der Waals surface area contributed by atoms with E-state index in [1.807, 2.05) is 24.3 Å². The molecule has 0 bridgehead atoms. The number of hydrogen-bond donors (Lipinski definition) is 2. The molecule has 0 saturated heterocycles. The summed E-state index contributed by atoms with van der Waals surface area (Å²) in [5, 5.41) is 11.2. The van der Waals surface area contributed by atoms with E-state index in [-0.39, 0.29) is 18.2 Å². The third kappa shape index (κ3) is 1.84. The summed E-state index contributed by atoms with van der Waals surface area (Å²) in [6.45, 7) is 0. The van der Waals surface area contributed by atoms with Crippen molar-refractivity contribution >= 4 is 28.9 Å². The molecule has 0 amide bonds. The van der Waals surface area contributed by atoms with Crippen LogP contribution >= 0.6 is 12.4 Å². The van der Waals surface area contributed by atoms with Crippen LogP contribution in [0.25, 0.3) is 10.8 Å². The average Bonchev–Trinajstić information content (AvgIpc) is 2.05. The summed E-state index contributed by atoms with van der Waals surface area (Å²) in [4.78, 5) is 0. The molecule has 68 valence electrons. The molecule has 0 heterocycles. The van der Waals surface area contributed by atoms with Gasteiger partial charge in [-0.1, -0.05) is 12.1 Å². The maximum Gasteiger partial charge on any atom is 0.116 e. The average molecular weight is 196 g/mol. The molecule has 0 aliphatic carbocycles. The monoisotopic (exact) mass is 195 g/mol. The first kappa shape index (κ1) is 9.68. The summed E-state index contributed by atoms with van der Waals surface area (Å²) in [7, 11) is 0. The van der Waals surface area contributed by atoms with E-state index in [1.165, 1.54) is 0 Å². The SMILES string of the molecule is Cl.Nc1ccc2cc(O)ccc2c1. The minimum Gasteiger partial charge on any atom is -0.508 e. The molecule has 0 unspecified atom stereocenters. The predicted octanol–water partition coefficient (Wildman–Crippen LogP) is 2.55. The Labute approximate surface area is 82.4 Å². The van der Waals surface area contributed by atoms with E-state index in [1.54, 1.807) is 12.1 Å². The molecule has 0 radical (unpaired) electrons. The van der Waals surface area contributed by atoms with Crippen LogP contribution in [0.3, 0.4) is 0 Å². The zero-order valence-electron chi connectivity index (χ0n) is 6.90. The van der Waals surface area contributed by atoms with Crippen molar-refractivity contribution in [1.82, 2.24) is 0 Å². The van der Waals surface area contributed by atoms with Gasteiger partial charge in [0.25, 0.3) is 0 Å². The molecule has 2 rings (SSSR count). The second-order valence-corrected chi connectivity index (χ2v) is 2.79. The molecule has 0 fully saturated rings. The number of phenols is 1. The van der Waals surface area contributed by atoms with E-state index >= 15 is 0 Å². The Kier molecular flexibility index (Phi) is 2.63. The topological polar surface area (TPSA) is 46.2 Å². The Morgan fingerprint density at radius 2 is 1.54 bits per heavy atom. The standard InChI is InChI=1S/C10H9NO.ClH/c11-9-3-1-8-6-10(12)4-2-7(8)5-9;/h1-6,12H,11H2;1H. The van der Waals surface area contributed by atoms with E-state index < -0.39 is 0 Å². The molecule has 0 aliphatic rings. The highest BCUT2D eigenvalue weighted by Gasteiger charge is 1.94. The number of rotatable bonds is 0. The number of nitrogens with two attached hydrogens (primary N) is 1. The Bertz CT molecular complexity index is 387. The van der Waals surface area contributed by atoms with Gasteiger partial charge in [-0.05, 0) is 35.0 Å². The molecule has 2 aromatic carbocycles. The minimum atomic E-state index is 0. The number of benzene rings is 2. The van der Waals surface area contributed by atoms with E-state index in [4.69, 9.17) is 10.8 Å². The number of nitrogen functional groups attached to an aromatic ring is 1. The van der Waals surface area contributed by atoms with Gasteiger partial charge in [0, 0.05) is 5.69 Å². The molecule has 0 aromatic heterocycles. The number of phenolic OH excluding ortho intramolecular Hbond substituents is 1. The van der Waals surface area contributed by atoms with Crippen molar-refractivity contribution in [2.24, 2.45) is 0 Å². The smallest absolute Gasteiger partial charge is 0.116 e. The molecular weight excluding hydrogens is 186 g/mol. The van der Waals surface area contributed by atoms with Crippen LogP contribution in [0.15, 0.2) is 36.4 Å². The first-order chi connectivity index (χ1) is 5.75. The van der Waals surface area contributed by atoms with Gasteiger partial charge in [-0.25, -0.2) is 0 Å². The van der Waals surface area contributed by atoms with Crippen molar-refractivity contribution < 1.29 is 5.11 Å². The molecule has 0 saturated carbocycles. The number of aromatic hydroxyl groups is 1. The van der Waals surface area contributed by atoms with Gasteiger partial charge in [-0.3, -0.25) is 0 Å². The van der Waals surface area contributed by atoms with Crippen LogP contribution in [0.4, 0.5) is 5.69 Å². The van der Waals surface area contributed by atoms with Gasteiger partial charge in [-0.2, -0.15) is 0 Å². The number of anilines is 1. The maximum absolute atomic E-state index is 9.17. The van der Waals surface area contributed by atoms with Crippen LogP contribution in [0.1, 0.15) is 0 Å². The summed E-state index contributed by atoms with van der Waals surface area (Å²) in [6, 6.07) is 10.8. The Morgan fingerprint density at radius 3 is 2.31 bits per heavy atom. The van der Waals surface area contributed by atoms with Crippen LogP contribution in [0.2, 0.25) is 0 Å². The molecule has 3 N–H and O–H groups in total. The van der Waals surface area contributed by atoms with Gasteiger partial charge < -0.3 is 10.8 Å². The van der Waals surface area contributed by atoms with Crippen LogP contribution in [0.5, 0.6) is 5.75 Å². The summed E-state index contributed by atoms with van der Waals surface area (Å²) in [5.74, 6) is 0.285. The molecule has 2 aromatic rings. The second kappa shape index (κ2) is 3.54. The fourth-order valence-corrected chi connectivity index (χ4v) is 1.25. The van der Waals surface area contributed by atoms with Crippen molar-refractivity contribution in [3.05, 3.63) is 36.4 Å². The van der Waals surface area contributed by atoms with Crippen molar-refractivity contribution in [2.75, 3.05) is 5.73 Å². The third-order valence-electron chi connectivity index (χ3n) is 1.85. The minimum absolute atomic E-state index is 0. The van der Waals surface area contributed by atoms with Crippen LogP contribution in [-0.2, 0) is 0 Å². The normalized spacial score (nSPS) is 9.54. The number of fused-ring (bicyclic) bond motifs is 1. The molecule has 0 spiro atoms. The van der Waals surface area contributed by atoms with Crippen molar-refractivity contribution in [3.63, 3.8) is 0 Å². The second-order valence-electron chi connectivity index (χ2n) is 2.79. The van der Waals surface area contributed by atoms with E-state index in [0.29, 0.717) is 0 Å². The summed E-state index contributed by atoms with van der Waals surface area (Å²) in [6.07, 6.45) is 0. The summed E-state index contributed by atoms with van der Waals surface area (Å²) in [5.41, 5.74) is 6.34. The zero-order chi connectivity index (χ0) is 8.55. The maximum atomic E-state index is 9.17. The highest BCUT2D eigenvalue weighted by Crippen LogP contribution is 2.21. The molecule has 0 atom stereocenters. The van der Waals surface area contributed by atoms with E-state index in [2.05, 4.69) is 0 Å². The van der Waals surface area contributed by atoms with E-state index in [9.17, 15) is 0 Å². The van der Waals surface area contributed by atoms with Crippen molar-refractivity contribution in [2.45, 2.75) is 0 Å². The van der Waals surface area contributed by atoms with E-state index in [0.717, 1.165) is 16.5 Å². The number of halogens is 1. The quantitative estimate of drug-likeness (QED) is 0.635. The molecule has 3 heteroatoms. The highest BCUT2D eigenvalue weighted by atomic mass is 35.5. The first-order valence-corrected chi connectivity index (χ1v) is 3.74. The fourth-order valence-electron chi connectivity index (χ4n) is 1.25. The Morgan fingerprint density at radius 1 is 0.923 bits per heavy atom. The van der Waals surface area contributed by atoms with Crippen molar-refractivity contribution in [3.8, 4) is 5.75 Å².